The van der Waals surface area contributed by atoms with Gasteiger partial charge in [0, 0.05) is 10.4 Å². The van der Waals surface area contributed by atoms with Crippen LogP contribution in [0.3, 0.4) is 0 Å². The maximum atomic E-state index is 11.4. The summed E-state index contributed by atoms with van der Waals surface area (Å²) in [7, 11) is 0. The fraction of sp³-hybridized carbons (Fsp3) is 0.286. The number of nitrogen functional groups attached to an aromatic ring is 2. The van der Waals surface area contributed by atoms with Gasteiger partial charge < -0.3 is 16.2 Å². The number of anilines is 3. The lowest BCUT2D eigenvalue weighted by molar-refractivity contribution is 0.168. The second-order valence-corrected chi connectivity index (χ2v) is 4.62. The van der Waals surface area contributed by atoms with Crippen LogP contribution >= 0.6 is 11.3 Å². The standard InChI is InChI=1S/C12H14N4O2S.C2H6/c1-2-18-12(17)16-9-6-7(8-4-3-5-19-8)10(13)11(14)15-9;1-2/h3-6H,2,13H2,1H3,(H3,14,15,16,17);1-2H3. The first-order chi connectivity index (χ1) is 10.1. The molecule has 0 aliphatic carbocycles. The van der Waals surface area contributed by atoms with Gasteiger partial charge in [0.05, 0.1) is 12.3 Å². The van der Waals surface area contributed by atoms with Crippen LogP contribution in [0, 0.1) is 0 Å². The zero-order valence-corrected chi connectivity index (χ0v) is 13.2. The smallest absolute Gasteiger partial charge is 0.412 e. The molecule has 0 fully saturated rings. The average molecular weight is 308 g/mol. The quantitative estimate of drug-likeness (QED) is 0.804. The number of rotatable bonds is 3. The van der Waals surface area contributed by atoms with E-state index in [0.717, 1.165) is 10.4 Å². The summed E-state index contributed by atoms with van der Waals surface area (Å²) in [6, 6.07) is 5.51. The van der Waals surface area contributed by atoms with Gasteiger partial charge in [0.15, 0.2) is 0 Å². The Kier molecular flexibility index (Phi) is 6.48. The lowest BCUT2D eigenvalue weighted by Crippen LogP contribution is -2.15. The molecule has 0 aromatic carbocycles. The molecule has 0 aliphatic rings. The van der Waals surface area contributed by atoms with Crippen molar-refractivity contribution in [2.75, 3.05) is 23.4 Å². The molecule has 7 heteroatoms. The van der Waals surface area contributed by atoms with E-state index in [-0.39, 0.29) is 12.4 Å². The molecule has 2 aromatic rings. The Labute approximate surface area is 128 Å². The lowest BCUT2D eigenvalue weighted by Gasteiger charge is -2.10. The monoisotopic (exact) mass is 308 g/mol. The highest BCUT2D eigenvalue weighted by molar-refractivity contribution is 7.13. The van der Waals surface area contributed by atoms with E-state index in [1.54, 1.807) is 13.0 Å². The van der Waals surface area contributed by atoms with Gasteiger partial charge in [-0.3, -0.25) is 5.32 Å². The Morgan fingerprint density at radius 3 is 2.71 bits per heavy atom. The van der Waals surface area contributed by atoms with Crippen molar-refractivity contribution in [1.82, 2.24) is 4.98 Å². The summed E-state index contributed by atoms with van der Waals surface area (Å²) in [5.74, 6) is 0.492. The van der Waals surface area contributed by atoms with E-state index < -0.39 is 6.09 Å². The van der Waals surface area contributed by atoms with Crippen LogP contribution in [0.2, 0.25) is 0 Å². The van der Waals surface area contributed by atoms with Crippen molar-refractivity contribution in [2.24, 2.45) is 0 Å². The average Bonchev–Trinajstić information content (AvgIpc) is 2.99. The Hall–Kier alpha value is -2.28. The number of nitrogens with one attached hydrogen (secondary N) is 1. The molecule has 0 spiro atoms. The minimum Gasteiger partial charge on any atom is -0.450 e. The van der Waals surface area contributed by atoms with E-state index in [1.165, 1.54) is 11.3 Å². The van der Waals surface area contributed by atoms with Crippen molar-refractivity contribution >= 4 is 34.8 Å². The summed E-state index contributed by atoms with van der Waals surface area (Å²) in [6.45, 7) is 6.01. The maximum absolute atomic E-state index is 11.4. The summed E-state index contributed by atoms with van der Waals surface area (Å²) in [5.41, 5.74) is 12.8. The highest BCUT2D eigenvalue weighted by Gasteiger charge is 2.12. The number of nitrogens with two attached hydrogens (primary N) is 2. The number of pyridine rings is 1. The van der Waals surface area contributed by atoms with E-state index >= 15 is 0 Å². The summed E-state index contributed by atoms with van der Waals surface area (Å²) >= 11 is 1.53. The van der Waals surface area contributed by atoms with Crippen molar-refractivity contribution in [1.29, 1.82) is 0 Å². The number of hydrogen-bond acceptors (Lipinski definition) is 6. The number of nitrogens with zero attached hydrogens (tertiary/aromatic N) is 1. The third-order valence-electron chi connectivity index (χ3n) is 2.38. The zero-order chi connectivity index (χ0) is 15.8. The van der Waals surface area contributed by atoms with Gasteiger partial charge in [-0.2, -0.15) is 0 Å². The zero-order valence-electron chi connectivity index (χ0n) is 12.3. The van der Waals surface area contributed by atoms with Gasteiger partial charge in [0.1, 0.15) is 11.6 Å². The molecule has 0 saturated heterocycles. The fourth-order valence-corrected chi connectivity index (χ4v) is 2.30. The van der Waals surface area contributed by atoms with Crippen LogP contribution < -0.4 is 16.8 Å². The highest BCUT2D eigenvalue weighted by Crippen LogP contribution is 2.34. The Morgan fingerprint density at radius 2 is 2.14 bits per heavy atom. The molecule has 21 heavy (non-hydrogen) atoms. The summed E-state index contributed by atoms with van der Waals surface area (Å²) in [4.78, 5) is 16.3. The molecule has 114 valence electrons. The number of amides is 1. The van der Waals surface area contributed by atoms with Gasteiger partial charge >= 0.3 is 6.09 Å². The topological polar surface area (TPSA) is 103 Å². The molecule has 2 aromatic heterocycles. The van der Waals surface area contributed by atoms with Gasteiger partial charge in [-0.15, -0.1) is 11.3 Å². The second kappa shape index (κ2) is 8.11. The van der Waals surface area contributed by atoms with Gasteiger partial charge in [-0.05, 0) is 24.4 Å². The third-order valence-corrected chi connectivity index (χ3v) is 3.28. The van der Waals surface area contributed by atoms with E-state index in [2.05, 4.69) is 10.3 Å². The summed E-state index contributed by atoms with van der Waals surface area (Å²) in [5, 5.41) is 4.44. The van der Waals surface area contributed by atoms with Crippen molar-refractivity contribution in [3.8, 4) is 10.4 Å². The molecule has 0 bridgehead atoms. The van der Waals surface area contributed by atoms with Crippen LogP contribution in [-0.2, 0) is 4.74 Å². The molecular weight excluding hydrogens is 288 g/mol. The molecule has 0 aliphatic heterocycles. The molecule has 2 heterocycles. The molecule has 1 amide bonds. The molecular formula is C14H20N4O2S. The molecule has 0 saturated carbocycles. The predicted molar refractivity (Wildman–Crippen MR) is 88.4 cm³/mol. The Bertz CT molecular complexity index is 585. The fourth-order valence-electron chi connectivity index (χ4n) is 1.55. The minimum atomic E-state index is -0.573. The highest BCUT2D eigenvalue weighted by atomic mass is 32.1. The van der Waals surface area contributed by atoms with Crippen LogP contribution in [0.25, 0.3) is 10.4 Å². The van der Waals surface area contributed by atoms with Crippen LogP contribution in [0.5, 0.6) is 0 Å². The first-order valence-corrected chi connectivity index (χ1v) is 7.53. The normalized spacial score (nSPS) is 9.48. The van der Waals surface area contributed by atoms with Gasteiger partial charge in [-0.25, -0.2) is 9.78 Å². The number of thiophene rings is 1. The molecule has 0 unspecified atom stereocenters. The third kappa shape index (κ3) is 4.35. The van der Waals surface area contributed by atoms with Crippen molar-refractivity contribution < 1.29 is 9.53 Å². The van der Waals surface area contributed by atoms with Gasteiger partial charge in [-0.1, -0.05) is 19.9 Å². The minimum absolute atomic E-state index is 0.178. The molecule has 6 nitrogen and oxygen atoms in total. The van der Waals surface area contributed by atoms with Crippen molar-refractivity contribution in [3.05, 3.63) is 23.6 Å². The maximum Gasteiger partial charge on any atom is 0.412 e. The van der Waals surface area contributed by atoms with Crippen LogP contribution in [0.15, 0.2) is 23.6 Å². The number of carbonyl (C=O) groups excluding carboxylic acids is 1. The molecule has 0 atom stereocenters. The first-order valence-electron chi connectivity index (χ1n) is 6.65. The summed E-state index contributed by atoms with van der Waals surface area (Å²) in [6.07, 6.45) is -0.573. The number of carbonyl (C=O) groups is 1. The second-order valence-electron chi connectivity index (χ2n) is 3.68. The number of ether oxygens (including phenoxy) is 1. The van der Waals surface area contributed by atoms with Gasteiger partial charge in [0.2, 0.25) is 0 Å². The Balaban J connectivity index is 0.00000106. The van der Waals surface area contributed by atoms with Crippen LogP contribution in [0.4, 0.5) is 22.1 Å². The van der Waals surface area contributed by atoms with Crippen molar-refractivity contribution in [3.63, 3.8) is 0 Å². The summed E-state index contributed by atoms with van der Waals surface area (Å²) < 4.78 is 4.79. The van der Waals surface area contributed by atoms with Crippen LogP contribution in [0.1, 0.15) is 20.8 Å². The van der Waals surface area contributed by atoms with Crippen molar-refractivity contribution in [2.45, 2.75) is 20.8 Å². The predicted octanol–water partition coefficient (Wildman–Crippen LogP) is 3.57. The SMILES string of the molecule is CC.CCOC(=O)Nc1cc(-c2cccs2)c(N)c(N)n1. The molecule has 5 N–H and O–H groups in total. The Morgan fingerprint density at radius 1 is 1.43 bits per heavy atom. The van der Waals surface area contributed by atoms with E-state index in [9.17, 15) is 4.79 Å². The van der Waals surface area contributed by atoms with Gasteiger partial charge in [0.25, 0.3) is 0 Å². The van der Waals surface area contributed by atoms with E-state index in [0.29, 0.717) is 11.5 Å². The molecule has 0 radical (unpaired) electrons. The molecule has 2 rings (SSSR count). The van der Waals surface area contributed by atoms with E-state index in [1.807, 2.05) is 31.4 Å². The largest absolute Gasteiger partial charge is 0.450 e. The van der Waals surface area contributed by atoms with Crippen LogP contribution in [-0.4, -0.2) is 17.7 Å². The number of aromatic nitrogens is 1. The first kappa shape index (κ1) is 16.8. The lowest BCUT2D eigenvalue weighted by atomic mass is 10.2. The number of hydrogen-bond donors (Lipinski definition) is 3. The van der Waals surface area contributed by atoms with E-state index in [4.69, 9.17) is 16.2 Å².